The third-order valence-electron chi connectivity index (χ3n) is 18.9. The quantitative estimate of drug-likeness (QED) is 0.0194. The number of piperazine rings is 2. The molecule has 0 radical (unpaired) electrons. The van der Waals surface area contributed by atoms with Crippen LogP contribution in [-0.2, 0) is 24.4 Å². The number of hydrogen-bond donors (Lipinski definition) is 5. The lowest BCUT2D eigenvalue weighted by Gasteiger charge is -2.41. The maximum absolute atomic E-state index is 14.2. The van der Waals surface area contributed by atoms with E-state index < -0.39 is 61.1 Å². The Kier molecular flexibility index (Phi) is 18.5. The predicted octanol–water partition coefficient (Wildman–Crippen LogP) is 9.23. The van der Waals surface area contributed by atoms with E-state index in [1.807, 2.05) is 23.1 Å². The lowest BCUT2D eigenvalue weighted by Crippen LogP contribution is -2.54. The smallest absolute Gasteiger partial charge is 0.293 e. The first-order valence-corrected chi connectivity index (χ1v) is 33.5. The van der Waals surface area contributed by atoms with Crippen LogP contribution in [0.4, 0.5) is 22.7 Å². The molecule has 6 aromatic rings. The van der Waals surface area contributed by atoms with Crippen molar-refractivity contribution in [2.75, 3.05) is 87.5 Å². The number of carbonyl (C=O) groups is 6. The van der Waals surface area contributed by atoms with Crippen LogP contribution in [0.25, 0.3) is 16.6 Å². The Morgan fingerprint density at radius 2 is 1.64 bits per heavy atom. The molecule has 1 unspecified atom stereocenters. The summed E-state index contributed by atoms with van der Waals surface area (Å²) in [6.45, 7) is 11.6. The largest absolute Gasteiger partial charge is 0.455 e. The van der Waals surface area contributed by atoms with Gasteiger partial charge < -0.3 is 30.2 Å². The molecule has 0 spiro atoms. The second-order valence-electron chi connectivity index (χ2n) is 25.6. The number of imide groups is 2. The highest BCUT2D eigenvalue weighted by Gasteiger charge is 2.46. The average Bonchev–Trinajstić information content (AvgIpc) is 1.61. The van der Waals surface area contributed by atoms with Gasteiger partial charge in [0.2, 0.25) is 17.7 Å². The van der Waals surface area contributed by atoms with Crippen molar-refractivity contribution in [1.82, 2.24) is 39.6 Å². The number of nitro groups is 1. The van der Waals surface area contributed by atoms with Crippen LogP contribution in [0.1, 0.15) is 121 Å². The highest BCUT2D eigenvalue weighted by molar-refractivity contribution is 7.90. The van der Waals surface area contributed by atoms with Gasteiger partial charge in [-0.1, -0.05) is 49.2 Å². The van der Waals surface area contributed by atoms with Crippen molar-refractivity contribution in [3.8, 4) is 11.5 Å². The number of benzene rings is 4. The zero-order chi connectivity index (χ0) is 64.4. The normalized spacial score (nSPS) is 20.8. The van der Waals surface area contributed by atoms with Crippen molar-refractivity contribution < 1.29 is 46.8 Å². The number of allylic oxidation sites excluding steroid dienone is 1. The van der Waals surface area contributed by atoms with E-state index in [1.165, 1.54) is 41.1 Å². The number of aromatic nitrogens is 2. The summed E-state index contributed by atoms with van der Waals surface area (Å²) < 4.78 is 36.6. The Morgan fingerprint density at radius 3 is 2.40 bits per heavy atom. The van der Waals surface area contributed by atoms with Crippen LogP contribution in [0.3, 0.4) is 0 Å². The Labute approximate surface area is 538 Å². The molecule has 5 N–H and O–H groups in total. The summed E-state index contributed by atoms with van der Waals surface area (Å²) >= 11 is 6.28. The molecule has 1 atom stereocenters. The Hall–Kier alpha value is -8.71. The summed E-state index contributed by atoms with van der Waals surface area (Å²) in [6.07, 6.45) is 11.2. The summed E-state index contributed by atoms with van der Waals surface area (Å²) in [5.74, 6) is -2.59. The molecular weight excluding hydrogens is 1220 g/mol. The Balaban J connectivity index is 0.619. The second kappa shape index (κ2) is 26.9. The van der Waals surface area contributed by atoms with Crippen molar-refractivity contribution in [3.05, 3.63) is 146 Å². The number of piperidine rings is 1. The van der Waals surface area contributed by atoms with E-state index in [1.54, 1.807) is 42.6 Å². The minimum absolute atomic E-state index is 0.0355. The third-order valence-corrected chi connectivity index (χ3v) is 20.5. The molecule has 23 nitrogen and oxygen atoms in total. The first-order valence-electron chi connectivity index (χ1n) is 31.6. The molecule has 2 aromatic heterocycles. The van der Waals surface area contributed by atoms with E-state index in [2.05, 4.69) is 71.3 Å². The first kappa shape index (κ1) is 63.4. The molecule has 0 bridgehead atoms. The molecule has 3 saturated heterocycles. The van der Waals surface area contributed by atoms with Crippen LogP contribution in [-0.4, -0.2) is 162 Å². The number of nitro benzene ring substituents is 1. The zero-order valence-corrected chi connectivity index (χ0v) is 53.1. The molecule has 12 rings (SSSR count). The number of anilines is 3. The molecule has 6 aliphatic rings. The minimum atomic E-state index is -4.66. The summed E-state index contributed by atoms with van der Waals surface area (Å²) in [5, 5.41) is 22.7. The lowest BCUT2D eigenvalue weighted by molar-refractivity contribution is -0.384. The van der Waals surface area contributed by atoms with Gasteiger partial charge in [0.15, 0.2) is 0 Å². The van der Waals surface area contributed by atoms with Crippen LogP contribution in [0.5, 0.6) is 11.5 Å². The van der Waals surface area contributed by atoms with Crippen LogP contribution < -0.4 is 30.3 Å². The van der Waals surface area contributed by atoms with Crippen molar-refractivity contribution in [3.63, 3.8) is 0 Å². The average molecular weight is 1290 g/mol. The van der Waals surface area contributed by atoms with E-state index in [-0.39, 0.29) is 64.3 Å². The molecular formula is C67H75ClN12O11S. The molecule has 92 heavy (non-hydrogen) atoms. The number of carbonyl (C=O) groups excluding carboxylic acids is 6. The molecule has 4 aliphatic heterocycles. The molecule has 4 fully saturated rings. The molecule has 2 aliphatic carbocycles. The highest BCUT2D eigenvalue weighted by Crippen LogP contribution is 2.44. The van der Waals surface area contributed by atoms with Gasteiger partial charge in [0.05, 0.1) is 39.3 Å². The van der Waals surface area contributed by atoms with E-state index in [0.717, 1.165) is 93.2 Å². The molecule has 6 amide bonds. The van der Waals surface area contributed by atoms with E-state index >= 15 is 0 Å². The summed E-state index contributed by atoms with van der Waals surface area (Å²) in [5.41, 5.74) is 6.18. The number of H-pyrrole nitrogens is 1. The minimum Gasteiger partial charge on any atom is -0.455 e. The number of fused-ring (bicyclic) bond motifs is 2. The number of amides is 6. The van der Waals surface area contributed by atoms with Crippen molar-refractivity contribution in [2.45, 2.75) is 101 Å². The van der Waals surface area contributed by atoms with Gasteiger partial charge in [-0.05, 0) is 147 Å². The highest BCUT2D eigenvalue weighted by atomic mass is 35.5. The van der Waals surface area contributed by atoms with Gasteiger partial charge in [0.1, 0.15) is 28.9 Å². The standard InChI is InChI=1S/C67H75ClN12O11S/c1-67(2)24-22-45(53(37-67)43-10-12-46(68)13-11-43)40-75-28-30-76(31-29-75)48-16-18-51(58(35-48)91-49-34-44-23-26-70-62(44)72-39-49)63(83)74-92(89,90)50-17-19-54(57(36-50)80(87)88)71-38-42-8-14-47(15-9-42)78-33-32-77(60(82)41-78)27-4-3-25-69-55-7-5-6-52-61(55)66(86)79(65(52)85)56-20-21-59(81)73-64(56)84/h5-7,10-13,16-19,23,26,34-36,39,42,47,56,69,71H,3-4,8-9,14-15,20-22,24-25,27-33,37-38,40-41H2,1-2H3,(H,70,72)(H,74,83)(H,73,81,84). The zero-order valence-electron chi connectivity index (χ0n) is 51.5. The first-order chi connectivity index (χ1) is 44.2. The molecule has 4 aromatic carbocycles. The number of pyridine rings is 1. The van der Waals surface area contributed by atoms with Gasteiger partial charge in [0.25, 0.3) is 33.4 Å². The van der Waals surface area contributed by atoms with Crippen molar-refractivity contribution in [2.24, 2.45) is 11.3 Å². The van der Waals surface area contributed by atoms with Crippen LogP contribution in [0.15, 0.2) is 114 Å². The number of rotatable bonds is 21. The maximum Gasteiger partial charge on any atom is 0.293 e. The number of aromatic amines is 1. The molecule has 482 valence electrons. The topological polar surface area (TPSA) is 282 Å². The van der Waals surface area contributed by atoms with Gasteiger partial charge in [-0.15, -0.1) is 0 Å². The SMILES string of the molecule is CC1(C)CCC(CN2CCN(c3ccc(C(=O)NS(=O)(=O)c4ccc(NCC5CCC(N6CCN(CCCCNc7cccc8c7C(=O)N(C7CCC(=O)NC7=O)C8=O)C(=O)C6)CC5)c([N+](=O)[O-])c4)c(Oc4cnc5[nH]ccc5c4)c3)CC2)=C(c2ccc(Cl)cc2)C1. The number of sulfonamides is 1. The fourth-order valence-corrected chi connectivity index (χ4v) is 14.9. The van der Waals surface area contributed by atoms with Gasteiger partial charge in [-0.25, -0.2) is 18.1 Å². The van der Waals surface area contributed by atoms with Crippen LogP contribution in [0.2, 0.25) is 5.02 Å². The number of nitrogens with zero attached hydrogens (tertiary/aromatic N) is 7. The Morgan fingerprint density at radius 1 is 0.848 bits per heavy atom. The number of hydrogen-bond acceptors (Lipinski definition) is 17. The van der Waals surface area contributed by atoms with Gasteiger partial charge in [-0.2, -0.15) is 0 Å². The molecule has 1 saturated carbocycles. The fourth-order valence-electron chi connectivity index (χ4n) is 13.8. The van der Waals surface area contributed by atoms with E-state index in [4.69, 9.17) is 16.3 Å². The van der Waals surface area contributed by atoms with E-state index in [9.17, 15) is 47.3 Å². The Bertz CT molecular complexity index is 4030. The molecule has 25 heteroatoms. The lowest BCUT2D eigenvalue weighted by atomic mass is 9.72. The monoisotopic (exact) mass is 1290 g/mol. The van der Waals surface area contributed by atoms with Gasteiger partial charge >= 0.3 is 0 Å². The predicted molar refractivity (Wildman–Crippen MR) is 348 cm³/mol. The molecule has 6 heterocycles. The summed E-state index contributed by atoms with van der Waals surface area (Å²) in [7, 11) is -4.66. The third kappa shape index (κ3) is 14.0. The number of nitrogens with one attached hydrogen (secondary N) is 5. The van der Waals surface area contributed by atoms with Gasteiger partial charge in [-0.3, -0.25) is 58.9 Å². The van der Waals surface area contributed by atoms with Crippen LogP contribution in [0, 0.1) is 21.4 Å². The summed E-state index contributed by atoms with van der Waals surface area (Å²) in [4.78, 5) is 107. The van der Waals surface area contributed by atoms with Crippen molar-refractivity contribution in [1.29, 1.82) is 0 Å². The summed E-state index contributed by atoms with van der Waals surface area (Å²) in [6, 6.07) is 24.4. The fraction of sp³-hybridized carbons (Fsp3) is 0.418. The van der Waals surface area contributed by atoms with E-state index in [0.29, 0.717) is 80.8 Å². The number of unbranched alkanes of at least 4 members (excludes halogenated alkanes) is 1. The number of ether oxygens (including phenoxy) is 1. The number of halogens is 1. The van der Waals surface area contributed by atoms with Crippen molar-refractivity contribution >= 4 is 96.4 Å². The maximum atomic E-state index is 14.2. The van der Waals surface area contributed by atoms with Gasteiger partial charge in [0, 0.05) is 118 Å². The van der Waals surface area contributed by atoms with Crippen LogP contribution >= 0.6 is 11.6 Å². The second-order valence-corrected chi connectivity index (χ2v) is 27.8.